The van der Waals surface area contributed by atoms with Gasteiger partial charge in [0.25, 0.3) is 0 Å². The van der Waals surface area contributed by atoms with E-state index in [1.54, 1.807) is 12.1 Å². The summed E-state index contributed by atoms with van der Waals surface area (Å²) in [7, 11) is 0. The van der Waals surface area contributed by atoms with E-state index in [9.17, 15) is 4.79 Å². The van der Waals surface area contributed by atoms with Gasteiger partial charge in [0.05, 0.1) is 0 Å². The van der Waals surface area contributed by atoms with E-state index in [0.717, 1.165) is 4.47 Å². The largest absolute Gasteiger partial charge is 0.368 e. The van der Waals surface area contributed by atoms with Crippen LogP contribution >= 0.6 is 27.5 Å². The second-order valence-electron chi connectivity index (χ2n) is 3.06. The van der Waals surface area contributed by atoms with E-state index in [-0.39, 0.29) is 0 Å². The highest BCUT2D eigenvalue weighted by molar-refractivity contribution is 9.10. The Morgan fingerprint density at radius 1 is 1.67 bits per heavy atom. The standard InChI is InChI=1S/C10H12BrClN2O/c1-2-14-9(10(13)15)7-5-6(11)3-4-8(7)12/h3-5,9,14H,2H2,1H3,(H2,13,15). The molecule has 0 saturated carbocycles. The van der Waals surface area contributed by atoms with Crippen molar-refractivity contribution in [3.8, 4) is 0 Å². The molecule has 1 rings (SSSR count). The number of rotatable bonds is 4. The number of carbonyl (C=O) groups is 1. The Balaban J connectivity index is 3.09. The van der Waals surface area contributed by atoms with Gasteiger partial charge in [0, 0.05) is 9.50 Å². The molecular weight excluding hydrogens is 279 g/mol. The number of halogens is 2. The zero-order chi connectivity index (χ0) is 11.4. The summed E-state index contributed by atoms with van der Waals surface area (Å²) < 4.78 is 0.867. The Bertz CT molecular complexity index is 370. The highest BCUT2D eigenvalue weighted by Crippen LogP contribution is 2.26. The zero-order valence-corrected chi connectivity index (χ0v) is 10.6. The van der Waals surface area contributed by atoms with Crippen molar-refractivity contribution in [2.24, 2.45) is 5.73 Å². The van der Waals surface area contributed by atoms with Crippen molar-refractivity contribution in [3.63, 3.8) is 0 Å². The Morgan fingerprint density at radius 3 is 2.87 bits per heavy atom. The average molecular weight is 292 g/mol. The van der Waals surface area contributed by atoms with Crippen molar-refractivity contribution < 1.29 is 4.79 Å². The number of carbonyl (C=O) groups excluding carboxylic acids is 1. The molecule has 82 valence electrons. The molecule has 3 N–H and O–H groups in total. The van der Waals surface area contributed by atoms with Crippen LogP contribution in [0.2, 0.25) is 5.02 Å². The fraction of sp³-hybridized carbons (Fsp3) is 0.300. The molecule has 3 nitrogen and oxygen atoms in total. The minimum absolute atomic E-state index is 0.433. The molecule has 1 amide bonds. The van der Waals surface area contributed by atoms with Crippen molar-refractivity contribution in [1.82, 2.24) is 5.32 Å². The number of benzene rings is 1. The SMILES string of the molecule is CCNC(C(N)=O)c1cc(Br)ccc1Cl. The summed E-state index contributed by atoms with van der Waals surface area (Å²) in [6.45, 7) is 2.55. The third-order valence-electron chi connectivity index (χ3n) is 1.96. The third-order valence-corrected chi connectivity index (χ3v) is 2.80. The lowest BCUT2D eigenvalue weighted by Crippen LogP contribution is -2.33. The molecule has 0 saturated heterocycles. The fourth-order valence-electron chi connectivity index (χ4n) is 1.30. The first-order chi connectivity index (χ1) is 7.06. The Labute approximate surface area is 102 Å². The van der Waals surface area contributed by atoms with E-state index in [1.165, 1.54) is 0 Å². The summed E-state index contributed by atoms with van der Waals surface area (Å²) in [6.07, 6.45) is 0. The van der Waals surface area contributed by atoms with Crippen LogP contribution < -0.4 is 11.1 Å². The maximum absolute atomic E-state index is 11.2. The Hall–Kier alpha value is -0.580. The number of hydrogen-bond acceptors (Lipinski definition) is 2. The molecular formula is C10H12BrClN2O. The molecule has 1 aromatic carbocycles. The van der Waals surface area contributed by atoms with Gasteiger partial charge in [-0.1, -0.05) is 34.5 Å². The predicted molar refractivity (Wildman–Crippen MR) is 64.8 cm³/mol. The average Bonchev–Trinajstić information content (AvgIpc) is 2.18. The van der Waals surface area contributed by atoms with Crippen LogP contribution in [0.4, 0.5) is 0 Å². The zero-order valence-electron chi connectivity index (χ0n) is 8.26. The van der Waals surface area contributed by atoms with Gasteiger partial charge >= 0.3 is 0 Å². The van der Waals surface area contributed by atoms with Crippen molar-refractivity contribution in [3.05, 3.63) is 33.3 Å². The molecule has 0 heterocycles. The molecule has 5 heteroatoms. The van der Waals surface area contributed by atoms with Gasteiger partial charge in [-0.2, -0.15) is 0 Å². The highest BCUT2D eigenvalue weighted by atomic mass is 79.9. The Morgan fingerprint density at radius 2 is 2.33 bits per heavy atom. The number of primary amides is 1. The molecule has 1 aromatic rings. The van der Waals surface area contributed by atoms with Crippen LogP contribution in [0, 0.1) is 0 Å². The number of nitrogens with two attached hydrogens (primary N) is 1. The maximum Gasteiger partial charge on any atom is 0.239 e. The van der Waals surface area contributed by atoms with Crippen molar-refractivity contribution in [2.75, 3.05) is 6.54 Å². The van der Waals surface area contributed by atoms with Gasteiger partial charge in [-0.15, -0.1) is 0 Å². The molecule has 0 bridgehead atoms. The molecule has 1 unspecified atom stereocenters. The van der Waals surface area contributed by atoms with Crippen LogP contribution in [0.15, 0.2) is 22.7 Å². The van der Waals surface area contributed by atoms with Gasteiger partial charge < -0.3 is 11.1 Å². The van der Waals surface area contributed by atoms with Gasteiger partial charge in [-0.05, 0) is 30.3 Å². The van der Waals surface area contributed by atoms with Crippen LogP contribution in [-0.2, 0) is 4.79 Å². The first kappa shape index (κ1) is 12.5. The molecule has 0 radical (unpaired) electrons. The molecule has 0 aromatic heterocycles. The van der Waals surface area contributed by atoms with Crippen LogP contribution in [-0.4, -0.2) is 12.5 Å². The van der Waals surface area contributed by atoms with E-state index in [2.05, 4.69) is 21.2 Å². The molecule has 0 fully saturated rings. The van der Waals surface area contributed by atoms with E-state index in [4.69, 9.17) is 17.3 Å². The van der Waals surface area contributed by atoms with Crippen molar-refractivity contribution >= 4 is 33.4 Å². The quantitative estimate of drug-likeness (QED) is 0.894. The van der Waals surface area contributed by atoms with Gasteiger partial charge in [-0.3, -0.25) is 4.79 Å². The Kier molecular flexibility index (Phi) is 4.57. The second kappa shape index (κ2) is 5.49. The molecule has 0 aliphatic carbocycles. The molecule has 1 atom stereocenters. The van der Waals surface area contributed by atoms with Gasteiger partial charge in [0.2, 0.25) is 5.91 Å². The summed E-state index contributed by atoms with van der Waals surface area (Å²) in [5.41, 5.74) is 5.99. The minimum Gasteiger partial charge on any atom is -0.368 e. The van der Waals surface area contributed by atoms with Gasteiger partial charge in [0.1, 0.15) is 6.04 Å². The fourth-order valence-corrected chi connectivity index (χ4v) is 1.91. The smallest absolute Gasteiger partial charge is 0.239 e. The van der Waals surface area contributed by atoms with E-state index in [1.807, 2.05) is 13.0 Å². The van der Waals surface area contributed by atoms with Crippen LogP contribution in [0.1, 0.15) is 18.5 Å². The second-order valence-corrected chi connectivity index (χ2v) is 4.38. The van der Waals surface area contributed by atoms with Crippen molar-refractivity contribution in [2.45, 2.75) is 13.0 Å². The first-order valence-electron chi connectivity index (χ1n) is 4.54. The van der Waals surface area contributed by atoms with Crippen LogP contribution in [0.3, 0.4) is 0 Å². The van der Waals surface area contributed by atoms with Gasteiger partial charge in [0.15, 0.2) is 0 Å². The van der Waals surface area contributed by atoms with E-state index < -0.39 is 11.9 Å². The third kappa shape index (κ3) is 3.19. The molecule has 15 heavy (non-hydrogen) atoms. The molecule has 0 aliphatic rings. The number of hydrogen-bond donors (Lipinski definition) is 2. The minimum atomic E-state index is -0.542. The first-order valence-corrected chi connectivity index (χ1v) is 5.71. The summed E-state index contributed by atoms with van der Waals surface area (Å²) in [5, 5.41) is 3.52. The van der Waals surface area contributed by atoms with E-state index >= 15 is 0 Å². The lowest BCUT2D eigenvalue weighted by Gasteiger charge is -2.16. The number of likely N-dealkylation sites (N-methyl/N-ethyl adjacent to an activating group) is 1. The highest BCUT2D eigenvalue weighted by Gasteiger charge is 2.19. The molecule has 0 aliphatic heterocycles. The summed E-state index contributed by atoms with van der Waals surface area (Å²) in [6, 6.07) is 4.80. The number of nitrogens with one attached hydrogen (secondary N) is 1. The topological polar surface area (TPSA) is 55.1 Å². The van der Waals surface area contributed by atoms with Gasteiger partial charge in [-0.25, -0.2) is 0 Å². The lowest BCUT2D eigenvalue weighted by molar-refractivity contribution is -0.120. The van der Waals surface area contributed by atoms with Crippen molar-refractivity contribution in [1.29, 1.82) is 0 Å². The normalized spacial score (nSPS) is 12.5. The summed E-state index contributed by atoms with van der Waals surface area (Å²) in [4.78, 5) is 11.2. The van der Waals surface area contributed by atoms with Crippen LogP contribution in [0.5, 0.6) is 0 Å². The molecule has 0 spiro atoms. The summed E-state index contributed by atoms with van der Waals surface area (Å²) in [5.74, 6) is -0.433. The lowest BCUT2D eigenvalue weighted by atomic mass is 10.1. The maximum atomic E-state index is 11.2. The monoisotopic (exact) mass is 290 g/mol. The number of amides is 1. The predicted octanol–water partition coefficient (Wildman–Crippen LogP) is 2.24. The van der Waals surface area contributed by atoms with Crippen LogP contribution in [0.25, 0.3) is 0 Å². The van der Waals surface area contributed by atoms with E-state index in [0.29, 0.717) is 17.1 Å². The summed E-state index contributed by atoms with van der Waals surface area (Å²) >= 11 is 9.33.